The summed E-state index contributed by atoms with van der Waals surface area (Å²) in [5, 5.41) is 31.3. The molecule has 132 valence electrons. The van der Waals surface area contributed by atoms with E-state index in [9.17, 15) is 15.3 Å². The lowest BCUT2D eigenvalue weighted by atomic mass is 9.84. The molecule has 1 aliphatic rings. The van der Waals surface area contributed by atoms with Crippen LogP contribution in [0.2, 0.25) is 0 Å². The monoisotopic (exact) mass is 322 g/mol. The molecule has 0 fully saturated rings. The molecule has 0 unspecified atom stereocenters. The Balaban J connectivity index is 3.05. The van der Waals surface area contributed by atoms with E-state index >= 15 is 0 Å². The van der Waals surface area contributed by atoms with Crippen LogP contribution in [0.4, 0.5) is 0 Å². The topological polar surface area (TPSA) is 60.7 Å². The summed E-state index contributed by atoms with van der Waals surface area (Å²) in [5.74, 6) is 0.766. The van der Waals surface area contributed by atoms with Crippen molar-refractivity contribution in [1.82, 2.24) is 0 Å². The van der Waals surface area contributed by atoms with E-state index in [-0.39, 0.29) is 0 Å². The minimum Gasteiger partial charge on any atom is -0.386 e. The van der Waals surface area contributed by atoms with Crippen LogP contribution in [0.15, 0.2) is 36.5 Å². The van der Waals surface area contributed by atoms with Gasteiger partial charge in [-0.25, -0.2) is 0 Å². The Labute approximate surface area is 141 Å². The zero-order chi connectivity index (χ0) is 17.7. The van der Waals surface area contributed by atoms with E-state index in [0.29, 0.717) is 31.1 Å². The van der Waals surface area contributed by atoms with E-state index in [2.05, 4.69) is 19.9 Å². The fourth-order valence-corrected chi connectivity index (χ4v) is 2.76. The van der Waals surface area contributed by atoms with E-state index in [1.807, 2.05) is 18.2 Å². The van der Waals surface area contributed by atoms with Crippen LogP contribution in [0.3, 0.4) is 0 Å². The summed E-state index contributed by atoms with van der Waals surface area (Å²) in [7, 11) is 0. The first kappa shape index (κ1) is 20.1. The normalized spacial score (nSPS) is 44.5. The highest BCUT2D eigenvalue weighted by Crippen LogP contribution is 2.27. The summed E-state index contributed by atoms with van der Waals surface area (Å²) in [4.78, 5) is 0. The van der Waals surface area contributed by atoms with Gasteiger partial charge in [-0.05, 0) is 58.3 Å². The Kier molecular flexibility index (Phi) is 6.81. The molecule has 3 N–H and O–H groups in total. The van der Waals surface area contributed by atoms with Gasteiger partial charge in [0, 0.05) is 0 Å². The second kappa shape index (κ2) is 7.78. The van der Waals surface area contributed by atoms with Crippen LogP contribution in [-0.4, -0.2) is 32.1 Å². The maximum absolute atomic E-state index is 10.5. The first-order valence-corrected chi connectivity index (χ1v) is 8.64. The Bertz CT molecular complexity index is 454. The van der Waals surface area contributed by atoms with Crippen LogP contribution in [-0.2, 0) is 0 Å². The van der Waals surface area contributed by atoms with Crippen molar-refractivity contribution in [3.05, 3.63) is 36.5 Å². The molecule has 0 heterocycles. The fraction of sp³-hybridized carbons (Fsp3) is 0.700. The molecule has 1 aliphatic carbocycles. The largest absolute Gasteiger partial charge is 0.386 e. The minimum atomic E-state index is -0.975. The average Bonchev–Trinajstić information content (AvgIpc) is 2.35. The maximum atomic E-state index is 10.5. The second-order valence-electron chi connectivity index (χ2n) is 8.09. The second-order valence-corrected chi connectivity index (χ2v) is 8.09. The summed E-state index contributed by atoms with van der Waals surface area (Å²) in [6.07, 6.45) is 13.5. The molecule has 0 spiro atoms. The zero-order valence-corrected chi connectivity index (χ0v) is 15.3. The molecule has 0 radical (unpaired) electrons. The molecule has 0 aromatic heterocycles. The van der Waals surface area contributed by atoms with E-state index in [1.165, 1.54) is 0 Å². The highest BCUT2D eigenvalue weighted by Gasteiger charge is 2.23. The molecular weight excluding hydrogens is 288 g/mol. The van der Waals surface area contributed by atoms with Gasteiger partial charge in [0.2, 0.25) is 0 Å². The van der Waals surface area contributed by atoms with Crippen molar-refractivity contribution < 1.29 is 15.3 Å². The molecule has 0 amide bonds. The van der Waals surface area contributed by atoms with Gasteiger partial charge in [-0.3, -0.25) is 0 Å². The van der Waals surface area contributed by atoms with Crippen LogP contribution in [0.5, 0.6) is 0 Å². The predicted octanol–water partition coefficient (Wildman–Crippen LogP) is 3.75. The lowest BCUT2D eigenvalue weighted by molar-refractivity contribution is 0.0892. The number of rotatable bonds is 1. The van der Waals surface area contributed by atoms with E-state index in [1.54, 1.807) is 32.9 Å². The van der Waals surface area contributed by atoms with Gasteiger partial charge in [0.25, 0.3) is 0 Å². The Hall–Kier alpha value is -0.900. The number of allylic oxidation sites excluding steroid dienone is 1. The van der Waals surface area contributed by atoms with Gasteiger partial charge in [0.15, 0.2) is 0 Å². The van der Waals surface area contributed by atoms with Gasteiger partial charge in [0.05, 0.1) is 16.8 Å². The number of hydrogen-bond acceptors (Lipinski definition) is 3. The van der Waals surface area contributed by atoms with Gasteiger partial charge in [0.1, 0.15) is 0 Å². The average molecular weight is 322 g/mol. The maximum Gasteiger partial charge on any atom is 0.0834 e. The Morgan fingerprint density at radius 3 is 1.83 bits per heavy atom. The molecule has 0 aromatic rings. The van der Waals surface area contributed by atoms with Crippen molar-refractivity contribution in [2.24, 2.45) is 11.8 Å². The minimum absolute atomic E-state index is 0.316. The van der Waals surface area contributed by atoms with Gasteiger partial charge in [-0.2, -0.15) is 0 Å². The first-order chi connectivity index (χ1) is 10.4. The molecule has 3 nitrogen and oxygen atoms in total. The standard InChI is InChI=1S/C20H34O3/c1-16(2)17-8-14-19(4,22)12-6-10-18(3,21)11-7-13-20(5,23)15-9-17/h6-8,10,13-14,16-17,21-23H,9,11-12,15H2,1-5H3/b10-6+,13-7+,14-8+/t17-,18+,19+,20+/m0/s1. The van der Waals surface area contributed by atoms with E-state index in [0.717, 1.165) is 6.42 Å². The molecule has 1 rings (SSSR count). The summed E-state index contributed by atoms with van der Waals surface area (Å²) in [6, 6.07) is 0. The Morgan fingerprint density at radius 1 is 0.826 bits per heavy atom. The highest BCUT2D eigenvalue weighted by molar-refractivity contribution is 5.11. The molecule has 23 heavy (non-hydrogen) atoms. The van der Waals surface area contributed by atoms with E-state index < -0.39 is 16.8 Å². The van der Waals surface area contributed by atoms with Crippen molar-refractivity contribution in [2.75, 3.05) is 0 Å². The van der Waals surface area contributed by atoms with Crippen LogP contribution >= 0.6 is 0 Å². The van der Waals surface area contributed by atoms with Crippen LogP contribution in [0.1, 0.15) is 60.3 Å². The lowest BCUT2D eigenvalue weighted by Gasteiger charge is -2.26. The van der Waals surface area contributed by atoms with Gasteiger partial charge < -0.3 is 15.3 Å². The van der Waals surface area contributed by atoms with Crippen molar-refractivity contribution in [1.29, 1.82) is 0 Å². The molecule has 0 saturated heterocycles. The van der Waals surface area contributed by atoms with Gasteiger partial charge in [-0.15, -0.1) is 0 Å². The predicted molar refractivity (Wildman–Crippen MR) is 96.1 cm³/mol. The number of hydrogen-bond donors (Lipinski definition) is 3. The lowest BCUT2D eigenvalue weighted by Crippen LogP contribution is -2.26. The SMILES string of the molecule is CC(C)[C@H]1/C=C/[C@](C)(O)C/C=C/[C@@](C)(O)C/C=C/[C@@](C)(O)CC1. The van der Waals surface area contributed by atoms with E-state index in [4.69, 9.17) is 0 Å². The molecule has 3 heteroatoms. The van der Waals surface area contributed by atoms with Crippen LogP contribution < -0.4 is 0 Å². The molecule has 0 bridgehead atoms. The molecular formula is C20H34O3. The zero-order valence-electron chi connectivity index (χ0n) is 15.3. The quantitative estimate of drug-likeness (QED) is 0.644. The third-order valence-corrected chi connectivity index (χ3v) is 4.56. The summed E-state index contributed by atoms with van der Waals surface area (Å²) < 4.78 is 0. The summed E-state index contributed by atoms with van der Waals surface area (Å²) >= 11 is 0. The molecule has 4 atom stereocenters. The number of aliphatic hydroxyl groups is 3. The smallest absolute Gasteiger partial charge is 0.0834 e. The highest BCUT2D eigenvalue weighted by atomic mass is 16.3. The molecule has 0 aromatic carbocycles. The first-order valence-electron chi connectivity index (χ1n) is 8.64. The summed E-state index contributed by atoms with van der Waals surface area (Å²) in [5.41, 5.74) is -2.79. The molecule has 0 saturated carbocycles. The van der Waals surface area contributed by atoms with Crippen molar-refractivity contribution in [3.8, 4) is 0 Å². The third kappa shape index (κ3) is 7.96. The van der Waals surface area contributed by atoms with Crippen molar-refractivity contribution in [2.45, 2.75) is 77.1 Å². The van der Waals surface area contributed by atoms with Crippen LogP contribution in [0, 0.1) is 11.8 Å². The fourth-order valence-electron chi connectivity index (χ4n) is 2.76. The van der Waals surface area contributed by atoms with Crippen LogP contribution in [0.25, 0.3) is 0 Å². The Morgan fingerprint density at radius 2 is 1.30 bits per heavy atom. The van der Waals surface area contributed by atoms with Crippen molar-refractivity contribution in [3.63, 3.8) is 0 Å². The molecule has 0 aliphatic heterocycles. The third-order valence-electron chi connectivity index (χ3n) is 4.56. The van der Waals surface area contributed by atoms with Gasteiger partial charge in [-0.1, -0.05) is 50.3 Å². The summed E-state index contributed by atoms with van der Waals surface area (Å²) in [6.45, 7) is 9.63. The van der Waals surface area contributed by atoms with Gasteiger partial charge >= 0.3 is 0 Å². The van der Waals surface area contributed by atoms with Crippen molar-refractivity contribution >= 4 is 0 Å².